The first-order chi connectivity index (χ1) is 8.83. The normalized spacial score (nSPS) is 24.1. The topological polar surface area (TPSA) is 34.1 Å². The molecule has 0 saturated carbocycles. The zero-order valence-electron chi connectivity index (χ0n) is 11.1. The van der Waals surface area contributed by atoms with Crippen molar-refractivity contribution in [3.05, 3.63) is 33.8 Å². The fraction of sp³-hybridized carbons (Fsp3) is 0.571. The van der Waals surface area contributed by atoms with Crippen LogP contribution in [-0.4, -0.2) is 19.4 Å². The van der Waals surface area contributed by atoms with E-state index in [2.05, 4.69) is 15.9 Å². The number of benzene rings is 1. The molecule has 0 spiro atoms. The van der Waals surface area contributed by atoms with Gasteiger partial charge in [-0.15, -0.1) is 0 Å². The summed E-state index contributed by atoms with van der Waals surface area (Å²) in [6.07, 6.45) is 2.45. The maximum atomic E-state index is 12.2. The van der Waals surface area contributed by atoms with Crippen molar-refractivity contribution in [2.24, 2.45) is 0 Å². The van der Waals surface area contributed by atoms with Crippen molar-refractivity contribution < 1.29 is 8.42 Å². The third-order valence-electron chi connectivity index (χ3n) is 3.87. The second-order valence-corrected chi connectivity index (χ2v) is 8.99. The zero-order valence-corrected chi connectivity index (χ0v) is 14.3. The zero-order chi connectivity index (χ0) is 14.2. The number of halogens is 2. The van der Waals surface area contributed by atoms with Crippen LogP contribution in [0.25, 0.3) is 0 Å². The van der Waals surface area contributed by atoms with E-state index in [4.69, 9.17) is 11.6 Å². The predicted molar refractivity (Wildman–Crippen MR) is 84.0 cm³/mol. The van der Waals surface area contributed by atoms with E-state index >= 15 is 0 Å². The summed E-state index contributed by atoms with van der Waals surface area (Å²) < 4.78 is 24.4. The van der Waals surface area contributed by atoms with Crippen molar-refractivity contribution >= 4 is 37.4 Å². The van der Waals surface area contributed by atoms with Gasteiger partial charge in [-0.2, -0.15) is 0 Å². The van der Waals surface area contributed by atoms with Crippen LogP contribution in [0.1, 0.15) is 40.8 Å². The molecule has 5 heteroatoms. The summed E-state index contributed by atoms with van der Waals surface area (Å²) in [5.41, 5.74) is 3.15. The lowest BCUT2D eigenvalue weighted by Gasteiger charge is -2.27. The first-order valence-electron chi connectivity index (χ1n) is 6.45. The summed E-state index contributed by atoms with van der Waals surface area (Å²) in [4.78, 5) is -0.218. The molecule has 1 aliphatic rings. The van der Waals surface area contributed by atoms with Crippen molar-refractivity contribution in [3.8, 4) is 0 Å². The number of alkyl halides is 1. The largest absolute Gasteiger partial charge is 0.228 e. The molecule has 0 aromatic heterocycles. The van der Waals surface area contributed by atoms with Gasteiger partial charge in [0.2, 0.25) is 0 Å². The quantitative estimate of drug-likeness (QED) is 0.730. The molecule has 1 heterocycles. The fourth-order valence-corrected chi connectivity index (χ4v) is 6.57. The van der Waals surface area contributed by atoms with Gasteiger partial charge >= 0.3 is 0 Å². The first-order valence-corrected chi connectivity index (χ1v) is 9.46. The molecule has 0 amide bonds. The van der Waals surface area contributed by atoms with Crippen LogP contribution in [0.2, 0.25) is 5.02 Å². The van der Waals surface area contributed by atoms with Gasteiger partial charge in [0, 0.05) is 5.02 Å². The summed E-state index contributed by atoms with van der Waals surface area (Å²) in [6, 6.07) is 3.91. The van der Waals surface area contributed by atoms with E-state index in [0.717, 1.165) is 29.5 Å². The number of hydrogen-bond donors (Lipinski definition) is 0. The molecule has 1 aliphatic heterocycles. The second kappa shape index (κ2) is 5.74. The van der Waals surface area contributed by atoms with E-state index in [1.807, 2.05) is 26.0 Å². The summed E-state index contributed by atoms with van der Waals surface area (Å²) in [7, 11) is -3.02. The van der Waals surface area contributed by atoms with Gasteiger partial charge in [0.15, 0.2) is 9.84 Å². The number of aryl methyl sites for hydroxylation is 2. The van der Waals surface area contributed by atoms with Gasteiger partial charge in [-0.05, 0) is 49.4 Å². The van der Waals surface area contributed by atoms with Gasteiger partial charge in [0.1, 0.15) is 0 Å². The predicted octanol–water partition coefficient (Wildman–Crippen LogP) is 4.36. The lowest BCUT2D eigenvalue weighted by Crippen LogP contribution is -2.31. The average Bonchev–Trinajstić information content (AvgIpc) is 2.32. The Bertz CT molecular complexity index is 583. The van der Waals surface area contributed by atoms with Crippen LogP contribution in [-0.2, 0) is 9.84 Å². The van der Waals surface area contributed by atoms with Gasteiger partial charge in [-0.25, -0.2) is 8.42 Å². The van der Waals surface area contributed by atoms with Gasteiger partial charge in [0.25, 0.3) is 0 Å². The highest BCUT2D eigenvalue weighted by Crippen LogP contribution is 2.40. The Morgan fingerprint density at radius 3 is 2.53 bits per heavy atom. The summed E-state index contributed by atoms with van der Waals surface area (Å²) in [6.45, 7) is 4.02. The summed E-state index contributed by atoms with van der Waals surface area (Å²) >= 11 is 9.85. The fourth-order valence-electron chi connectivity index (χ4n) is 2.52. The Morgan fingerprint density at radius 1 is 1.26 bits per heavy atom. The molecule has 1 fully saturated rings. The highest BCUT2D eigenvalue weighted by Gasteiger charge is 2.35. The van der Waals surface area contributed by atoms with Crippen molar-refractivity contribution in [2.75, 3.05) is 5.75 Å². The van der Waals surface area contributed by atoms with Crippen LogP contribution < -0.4 is 0 Å². The Kier molecular flexibility index (Phi) is 4.63. The molecule has 0 radical (unpaired) electrons. The standard InChI is InChI=1S/C14H18BrClO2S/c1-9-7-11(12(16)8-10(9)2)14(15)13-5-3-4-6-19(13,17)18/h7-8,13-14H,3-6H2,1-2H3. The molecule has 2 nitrogen and oxygen atoms in total. The number of rotatable bonds is 2. The second-order valence-electron chi connectivity index (χ2n) is 5.26. The van der Waals surface area contributed by atoms with E-state index in [1.54, 1.807) is 0 Å². The molecule has 1 aromatic carbocycles. The third-order valence-corrected chi connectivity index (χ3v) is 7.96. The molecule has 0 bridgehead atoms. The molecule has 1 saturated heterocycles. The van der Waals surface area contributed by atoms with E-state index < -0.39 is 9.84 Å². The molecular weight excluding hydrogens is 348 g/mol. The molecule has 2 rings (SSSR count). The average molecular weight is 366 g/mol. The Balaban J connectivity index is 2.39. The molecule has 1 aromatic rings. The Morgan fingerprint density at radius 2 is 1.89 bits per heavy atom. The number of sulfone groups is 1. The molecule has 2 unspecified atom stereocenters. The minimum atomic E-state index is -3.02. The molecule has 0 N–H and O–H groups in total. The van der Waals surface area contributed by atoms with Crippen LogP contribution in [0, 0.1) is 13.8 Å². The summed E-state index contributed by atoms with van der Waals surface area (Å²) in [5.74, 6) is 0.294. The SMILES string of the molecule is Cc1cc(Cl)c(C(Br)C2CCCCS2(=O)=O)cc1C. The monoisotopic (exact) mass is 364 g/mol. The van der Waals surface area contributed by atoms with Crippen LogP contribution in [0.3, 0.4) is 0 Å². The Hall–Kier alpha value is -0.0600. The van der Waals surface area contributed by atoms with Crippen LogP contribution in [0.15, 0.2) is 12.1 Å². The van der Waals surface area contributed by atoms with Crippen LogP contribution >= 0.6 is 27.5 Å². The summed E-state index contributed by atoms with van der Waals surface area (Å²) in [5, 5.41) is 0.284. The van der Waals surface area contributed by atoms with E-state index in [9.17, 15) is 8.42 Å². The van der Waals surface area contributed by atoms with E-state index in [1.165, 1.54) is 0 Å². The lowest BCUT2D eigenvalue weighted by atomic mass is 10.0. The third kappa shape index (κ3) is 3.17. The van der Waals surface area contributed by atoms with Crippen molar-refractivity contribution in [3.63, 3.8) is 0 Å². The highest BCUT2D eigenvalue weighted by molar-refractivity contribution is 9.09. The molecule has 106 valence electrons. The van der Waals surface area contributed by atoms with Crippen LogP contribution in [0.4, 0.5) is 0 Å². The van der Waals surface area contributed by atoms with Crippen LogP contribution in [0.5, 0.6) is 0 Å². The van der Waals surface area contributed by atoms with Gasteiger partial charge in [-0.1, -0.05) is 40.0 Å². The van der Waals surface area contributed by atoms with Crippen molar-refractivity contribution in [2.45, 2.75) is 43.2 Å². The molecule has 2 atom stereocenters. The molecule has 0 aliphatic carbocycles. The van der Waals surface area contributed by atoms with E-state index in [0.29, 0.717) is 17.2 Å². The minimum Gasteiger partial charge on any atom is -0.228 e. The van der Waals surface area contributed by atoms with Gasteiger partial charge < -0.3 is 0 Å². The van der Waals surface area contributed by atoms with Gasteiger partial charge in [0.05, 0.1) is 15.8 Å². The maximum Gasteiger partial charge on any atom is 0.154 e. The number of hydrogen-bond acceptors (Lipinski definition) is 2. The Labute approximate surface area is 128 Å². The lowest BCUT2D eigenvalue weighted by molar-refractivity contribution is 0.537. The first kappa shape index (κ1) is 15.3. The minimum absolute atomic E-state index is 0.218. The van der Waals surface area contributed by atoms with Crippen molar-refractivity contribution in [1.29, 1.82) is 0 Å². The van der Waals surface area contributed by atoms with Gasteiger partial charge in [-0.3, -0.25) is 0 Å². The smallest absolute Gasteiger partial charge is 0.154 e. The van der Waals surface area contributed by atoms with Crippen molar-refractivity contribution in [1.82, 2.24) is 0 Å². The molecular formula is C14H18BrClO2S. The maximum absolute atomic E-state index is 12.2. The van der Waals surface area contributed by atoms with E-state index in [-0.39, 0.29) is 10.1 Å². The highest BCUT2D eigenvalue weighted by atomic mass is 79.9. The molecule has 19 heavy (non-hydrogen) atoms.